The van der Waals surface area contributed by atoms with Crippen LogP contribution in [-0.2, 0) is 13.6 Å². The zero-order valence-corrected chi connectivity index (χ0v) is 8.91. The van der Waals surface area contributed by atoms with Gasteiger partial charge in [-0.2, -0.15) is 0 Å². The minimum absolute atomic E-state index is 0.278. The minimum atomic E-state index is 0.278. The van der Waals surface area contributed by atoms with Gasteiger partial charge in [-0.3, -0.25) is 0 Å². The van der Waals surface area contributed by atoms with Crippen LogP contribution in [0.1, 0.15) is 5.82 Å². The topological polar surface area (TPSA) is 66.6 Å². The molecule has 2 aromatic rings. The molecule has 0 saturated carbocycles. The number of hydrogen-bond donors (Lipinski definition) is 0. The van der Waals surface area contributed by atoms with E-state index >= 15 is 0 Å². The van der Waals surface area contributed by atoms with Crippen molar-refractivity contribution in [1.82, 2.24) is 9.55 Å². The fourth-order valence-electron chi connectivity index (χ4n) is 1.49. The van der Waals surface area contributed by atoms with Gasteiger partial charge in [0, 0.05) is 23.7 Å². The number of azide groups is 1. The van der Waals surface area contributed by atoms with Gasteiger partial charge in [-0.25, -0.2) is 4.98 Å². The van der Waals surface area contributed by atoms with Gasteiger partial charge in [0.1, 0.15) is 5.82 Å². The van der Waals surface area contributed by atoms with Gasteiger partial charge in [-0.1, -0.05) is 35.4 Å². The van der Waals surface area contributed by atoms with E-state index in [1.165, 1.54) is 0 Å². The zero-order chi connectivity index (χ0) is 11.4. The first-order chi connectivity index (χ1) is 7.81. The van der Waals surface area contributed by atoms with E-state index in [-0.39, 0.29) is 6.54 Å². The van der Waals surface area contributed by atoms with E-state index in [9.17, 15) is 0 Å². The van der Waals surface area contributed by atoms with Crippen LogP contribution in [-0.4, -0.2) is 9.55 Å². The van der Waals surface area contributed by atoms with Crippen LogP contribution in [0, 0.1) is 0 Å². The van der Waals surface area contributed by atoms with Crippen molar-refractivity contribution in [3.8, 4) is 11.3 Å². The van der Waals surface area contributed by atoms with Crippen molar-refractivity contribution in [2.24, 2.45) is 12.2 Å². The van der Waals surface area contributed by atoms with Crippen molar-refractivity contribution >= 4 is 0 Å². The summed E-state index contributed by atoms with van der Waals surface area (Å²) in [5, 5.41) is 3.51. The van der Waals surface area contributed by atoms with E-state index in [4.69, 9.17) is 5.53 Å². The van der Waals surface area contributed by atoms with Crippen LogP contribution in [0.3, 0.4) is 0 Å². The Hall–Kier alpha value is -2.26. The molecule has 0 amide bonds. The van der Waals surface area contributed by atoms with Crippen LogP contribution < -0.4 is 0 Å². The lowest BCUT2D eigenvalue weighted by Gasteiger charge is -1.93. The van der Waals surface area contributed by atoms with Gasteiger partial charge in [0.15, 0.2) is 0 Å². The highest BCUT2D eigenvalue weighted by molar-refractivity contribution is 5.58. The molecule has 0 spiro atoms. The summed E-state index contributed by atoms with van der Waals surface area (Å²) in [5.41, 5.74) is 10.2. The van der Waals surface area contributed by atoms with Gasteiger partial charge in [-0.15, -0.1) is 0 Å². The van der Waals surface area contributed by atoms with Crippen molar-refractivity contribution in [1.29, 1.82) is 0 Å². The molecule has 1 aromatic carbocycles. The monoisotopic (exact) mass is 213 g/mol. The first-order valence-electron chi connectivity index (χ1n) is 4.90. The van der Waals surface area contributed by atoms with Gasteiger partial charge >= 0.3 is 0 Å². The van der Waals surface area contributed by atoms with Crippen molar-refractivity contribution < 1.29 is 0 Å². The third-order valence-electron chi connectivity index (χ3n) is 2.32. The number of aryl methyl sites for hydroxylation is 1. The summed E-state index contributed by atoms with van der Waals surface area (Å²) in [7, 11) is 1.89. The molecule has 5 nitrogen and oxygen atoms in total. The molecule has 0 saturated heterocycles. The molecule has 1 heterocycles. The Morgan fingerprint density at radius 2 is 2.12 bits per heavy atom. The van der Waals surface area contributed by atoms with Crippen LogP contribution in [0.5, 0.6) is 0 Å². The molecule has 2 rings (SSSR count). The SMILES string of the molecule is Cn1cc(-c2ccccc2)nc1CN=[N+]=[N-]. The molecule has 5 heteroatoms. The Bertz CT molecular complexity index is 523. The molecule has 0 unspecified atom stereocenters. The molecule has 0 aliphatic heterocycles. The normalized spacial score (nSPS) is 9.81. The van der Waals surface area contributed by atoms with E-state index in [0.29, 0.717) is 0 Å². The number of imidazole rings is 1. The van der Waals surface area contributed by atoms with Gasteiger partial charge in [0.2, 0.25) is 0 Å². The third kappa shape index (κ3) is 2.04. The van der Waals surface area contributed by atoms with Crippen molar-refractivity contribution in [3.05, 3.63) is 52.8 Å². The number of aromatic nitrogens is 2. The summed E-state index contributed by atoms with van der Waals surface area (Å²) in [6, 6.07) is 9.90. The lowest BCUT2D eigenvalue weighted by Crippen LogP contribution is -1.93. The summed E-state index contributed by atoms with van der Waals surface area (Å²) >= 11 is 0. The summed E-state index contributed by atoms with van der Waals surface area (Å²) in [4.78, 5) is 7.14. The maximum Gasteiger partial charge on any atom is 0.114 e. The van der Waals surface area contributed by atoms with Crippen molar-refractivity contribution in [3.63, 3.8) is 0 Å². The molecule has 0 bridgehead atoms. The van der Waals surface area contributed by atoms with E-state index in [2.05, 4.69) is 15.0 Å². The number of benzene rings is 1. The molecule has 0 N–H and O–H groups in total. The molecule has 80 valence electrons. The quantitative estimate of drug-likeness (QED) is 0.439. The number of nitrogens with zero attached hydrogens (tertiary/aromatic N) is 5. The molecule has 0 aliphatic rings. The summed E-state index contributed by atoms with van der Waals surface area (Å²) in [6.45, 7) is 0.278. The van der Waals surface area contributed by atoms with Crippen molar-refractivity contribution in [2.45, 2.75) is 6.54 Å². The highest BCUT2D eigenvalue weighted by Crippen LogP contribution is 2.17. The van der Waals surface area contributed by atoms with Gasteiger partial charge < -0.3 is 4.57 Å². The Morgan fingerprint density at radius 1 is 1.38 bits per heavy atom. The van der Waals surface area contributed by atoms with Gasteiger partial charge in [0.05, 0.1) is 12.2 Å². The fourth-order valence-corrected chi connectivity index (χ4v) is 1.49. The Kier molecular flexibility index (Phi) is 2.89. The van der Waals surface area contributed by atoms with Crippen LogP contribution in [0.4, 0.5) is 0 Å². The molecule has 0 atom stereocenters. The highest BCUT2D eigenvalue weighted by atomic mass is 15.2. The van der Waals surface area contributed by atoms with Crippen molar-refractivity contribution in [2.75, 3.05) is 0 Å². The lowest BCUT2D eigenvalue weighted by atomic mass is 10.2. The first kappa shape index (κ1) is 10.3. The lowest BCUT2D eigenvalue weighted by molar-refractivity contribution is 0.790. The summed E-state index contributed by atoms with van der Waals surface area (Å²) < 4.78 is 1.87. The minimum Gasteiger partial charge on any atom is -0.337 e. The summed E-state index contributed by atoms with van der Waals surface area (Å²) in [6.07, 6.45) is 1.93. The van der Waals surface area contributed by atoms with Crippen LogP contribution in [0.2, 0.25) is 0 Å². The van der Waals surface area contributed by atoms with Gasteiger partial charge in [0.25, 0.3) is 0 Å². The molecule has 0 aliphatic carbocycles. The van der Waals surface area contributed by atoms with E-state index in [0.717, 1.165) is 17.1 Å². The van der Waals surface area contributed by atoms with Crippen LogP contribution in [0.25, 0.3) is 21.7 Å². The van der Waals surface area contributed by atoms with Crippen LogP contribution >= 0.6 is 0 Å². The second-order valence-electron chi connectivity index (χ2n) is 3.41. The number of rotatable bonds is 3. The maximum absolute atomic E-state index is 8.26. The summed E-state index contributed by atoms with van der Waals surface area (Å²) in [5.74, 6) is 0.761. The molecule has 0 radical (unpaired) electrons. The number of hydrogen-bond acceptors (Lipinski definition) is 2. The highest BCUT2D eigenvalue weighted by Gasteiger charge is 2.05. The Balaban J connectivity index is 2.34. The Labute approximate surface area is 93.0 Å². The predicted molar refractivity (Wildman–Crippen MR) is 61.5 cm³/mol. The molecular formula is C11H11N5. The largest absolute Gasteiger partial charge is 0.337 e. The average molecular weight is 213 g/mol. The smallest absolute Gasteiger partial charge is 0.114 e. The van der Waals surface area contributed by atoms with E-state index in [1.54, 1.807) is 0 Å². The molecule has 16 heavy (non-hydrogen) atoms. The first-order valence-corrected chi connectivity index (χ1v) is 4.90. The predicted octanol–water partition coefficient (Wildman–Crippen LogP) is 2.90. The second-order valence-corrected chi connectivity index (χ2v) is 3.41. The zero-order valence-electron chi connectivity index (χ0n) is 8.91. The average Bonchev–Trinajstić information content (AvgIpc) is 2.69. The molecule has 0 fully saturated rings. The fraction of sp³-hybridized carbons (Fsp3) is 0.182. The van der Waals surface area contributed by atoms with Crippen LogP contribution in [0.15, 0.2) is 41.6 Å². The third-order valence-corrected chi connectivity index (χ3v) is 2.32. The molecule has 1 aromatic heterocycles. The molecular weight excluding hydrogens is 202 g/mol. The maximum atomic E-state index is 8.26. The van der Waals surface area contributed by atoms with E-state index in [1.807, 2.05) is 48.1 Å². The Morgan fingerprint density at radius 3 is 2.81 bits per heavy atom. The standard InChI is InChI=1S/C11H11N5/c1-16-8-10(9-5-3-2-4-6-9)14-11(16)7-13-15-12/h2-6,8H,7H2,1H3. The van der Waals surface area contributed by atoms with Gasteiger partial charge in [-0.05, 0) is 5.53 Å². The second kappa shape index (κ2) is 4.51. The van der Waals surface area contributed by atoms with E-state index < -0.39 is 0 Å².